The van der Waals surface area contributed by atoms with E-state index in [1.165, 1.54) is 0 Å². The van der Waals surface area contributed by atoms with Crippen LogP contribution in [0.1, 0.15) is 30.6 Å². The summed E-state index contributed by atoms with van der Waals surface area (Å²) in [4.78, 5) is 23.0. The first-order chi connectivity index (χ1) is 8.49. The smallest absolute Gasteiger partial charge is 0.339 e. The van der Waals surface area contributed by atoms with E-state index in [1.54, 1.807) is 29.3 Å². The Bertz CT molecular complexity index is 457. The van der Waals surface area contributed by atoms with Crippen molar-refractivity contribution in [2.75, 3.05) is 6.73 Å². The van der Waals surface area contributed by atoms with Crippen molar-refractivity contribution in [3.05, 3.63) is 35.9 Å². The lowest BCUT2D eigenvalue weighted by atomic mass is 10.0. The van der Waals surface area contributed by atoms with Crippen LogP contribution in [0.15, 0.2) is 30.3 Å². The van der Waals surface area contributed by atoms with Gasteiger partial charge in [0.25, 0.3) is 0 Å². The zero-order valence-corrected chi connectivity index (χ0v) is 10.5. The fourth-order valence-electron chi connectivity index (χ4n) is 1.82. The minimum absolute atomic E-state index is 0.0481. The van der Waals surface area contributed by atoms with Gasteiger partial charge < -0.3 is 4.74 Å². The topological polar surface area (TPSA) is 58.6 Å². The van der Waals surface area contributed by atoms with E-state index in [1.807, 2.05) is 19.9 Å². The number of hydrogen-bond acceptors (Lipinski definition) is 4. The lowest BCUT2D eigenvalue weighted by Gasteiger charge is -2.28. The molecule has 0 aromatic heterocycles. The largest absolute Gasteiger partial charge is 0.444 e. The molecule has 18 heavy (non-hydrogen) atoms. The number of rotatable bonds is 3. The second-order valence-electron chi connectivity index (χ2n) is 4.88. The normalized spacial score (nSPS) is 18.4. The van der Waals surface area contributed by atoms with Crippen LogP contribution in [0.4, 0.5) is 0 Å². The highest BCUT2D eigenvalue weighted by Crippen LogP contribution is 2.22. The van der Waals surface area contributed by atoms with Crippen molar-refractivity contribution in [1.29, 1.82) is 0 Å². The van der Waals surface area contributed by atoms with Gasteiger partial charge in [-0.15, -0.1) is 0 Å². The monoisotopic (exact) mass is 248 g/mol. The average molecular weight is 248 g/mol. The quantitative estimate of drug-likeness (QED) is 0.819. The first-order valence-corrected chi connectivity index (χ1v) is 5.78. The highest BCUT2D eigenvalue weighted by molar-refractivity contribution is 5.89. The second kappa shape index (κ2) is 4.78. The van der Waals surface area contributed by atoms with Gasteiger partial charge in [0.15, 0.2) is 6.73 Å². The Morgan fingerprint density at radius 2 is 2.06 bits per heavy atom. The molecule has 5 nitrogen and oxygen atoms in total. The van der Waals surface area contributed by atoms with Gasteiger partial charge in [-0.3, -0.25) is 10.2 Å². The van der Waals surface area contributed by atoms with Gasteiger partial charge in [0.1, 0.15) is 0 Å². The number of carbonyl (C=O) groups is 2. The highest BCUT2D eigenvalue weighted by Gasteiger charge is 2.37. The number of hydrazine groups is 1. The molecule has 1 heterocycles. The molecule has 96 valence electrons. The molecule has 1 N–H and O–H groups in total. The molecule has 0 unspecified atom stereocenters. The summed E-state index contributed by atoms with van der Waals surface area (Å²) in [6.07, 6.45) is 0.399. The first kappa shape index (κ1) is 12.6. The third-order valence-electron chi connectivity index (χ3n) is 2.92. The van der Waals surface area contributed by atoms with Gasteiger partial charge >= 0.3 is 5.97 Å². The SMILES string of the molecule is CC1(C)CC(=O)NN1COC(=O)c1ccccc1. The molecule has 5 heteroatoms. The number of nitrogens with one attached hydrogen (secondary N) is 1. The minimum Gasteiger partial charge on any atom is -0.444 e. The van der Waals surface area contributed by atoms with Crippen molar-refractivity contribution in [2.45, 2.75) is 25.8 Å². The fraction of sp³-hybridized carbons (Fsp3) is 0.385. The Morgan fingerprint density at radius 1 is 1.39 bits per heavy atom. The van der Waals surface area contributed by atoms with E-state index in [0.29, 0.717) is 12.0 Å². The van der Waals surface area contributed by atoms with Crippen LogP contribution in [0.5, 0.6) is 0 Å². The molecule has 0 aliphatic carbocycles. The molecule has 0 atom stereocenters. The van der Waals surface area contributed by atoms with Crippen LogP contribution < -0.4 is 5.43 Å². The van der Waals surface area contributed by atoms with Crippen LogP contribution in [0.2, 0.25) is 0 Å². The second-order valence-corrected chi connectivity index (χ2v) is 4.88. The van der Waals surface area contributed by atoms with E-state index in [4.69, 9.17) is 4.74 Å². The Balaban J connectivity index is 1.93. The van der Waals surface area contributed by atoms with Gasteiger partial charge in [0.05, 0.1) is 5.56 Å². The van der Waals surface area contributed by atoms with Crippen LogP contribution in [0.3, 0.4) is 0 Å². The Labute approximate surface area is 106 Å². The summed E-state index contributed by atoms with van der Waals surface area (Å²) in [5, 5.41) is 1.64. The summed E-state index contributed by atoms with van der Waals surface area (Å²) in [5.41, 5.74) is 2.83. The van der Waals surface area contributed by atoms with Crippen LogP contribution in [-0.4, -0.2) is 29.2 Å². The number of esters is 1. The van der Waals surface area contributed by atoms with E-state index in [0.717, 1.165) is 0 Å². The zero-order chi connectivity index (χ0) is 13.2. The molecule has 1 fully saturated rings. The summed E-state index contributed by atoms with van der Waals surface area (Å²) in [7, 11) is 0. The molecule has 1 saturated heterocycles. The van der Waals surface area contributed by atoms with Gasteiger partial charge in [-0.1, -0.05) is 18.2 Å². The predicted octanol–water partition coefficient (Wildman–Crippen LogP) is 1.32. The van der Waals surface area contributed by atoms with Crippen molar-refractivity contribution in [2.24, 2.45) is 0 Å². The van der Waals surface area contributed by atoms with Gasteiger partial charge in [0, 0.05) is 12.0 Å². The number of ether oxygens (including phenoxy) is 1. The number of hydrogen-bond donors (Lipinski definition) is 1. The number of nitrogens with zero attached hydrogens (tertiary/aromatic N) is 1. The van der Waals surface area contributed by atoms with E-state index < -0.39 is 5.97 Å². The molecular formula is C13H16N2O3. The maximum Gasteiger partial charge on any atom is 0.339 e. The van der Waals surface area contributed by atoms with Gasteiger partial charge in [-0.25, -0.2) is 4.79 Å². The minimum atomic E-state index is -0.396. The molecule has 0 saturated carbocycles. The lowest BCUT2D eigenvalue weighted by Crippen LogP contribution is -2.46. The van der Waals surface area contributed by atoms with Crippen LogP contribution >= 0.6 is 0 Å². The molecule has 1 amide bonds. The molecule has 1 aromatic rings. The summed E-state index contributed by atoms with van der Waals surface area (Å²) in [6, 6.07) is 8.77. The summed E-state index contributed by atoms with van der Waals surface area (Å²) in [5.74, 6) is -0.455. The van der Waals surface area contributed by atoms with Gasteiger partial charge in [-0.05, 0) is 26.0 Å². The number of amides is 1. The number of carbonyl (C=O) groups excluding carboxylic acids is 2. The van der Waals surface area contributed by atoms with Gasteiger partial charge in [-0.2, -0.15) is 5.01 Å². The first-order valence-electron chi connectivity index (χ1n) is 5.78. The molecule has 2 rings (SSSR count). The van der Waals surface area contributed by atoms with E-state index >= 15 is 0 Å². The molecular weight excluding hydrogens is 232 g/mol. The van der Waals surface area contributed by atoms with Crippen molar-refractivity contribution < 1.29 is 14.3 Å². The highest BCUT2D eigenvalue weighted by atomic mass is 16.5. The standard InChI is InChI=1S/C13H16N2O3/c1-13(2)8-11(16)14-15(13)9-18-12(17)10-6-4-3-5-7-10/h3-7H,8-9H2,1-2H3,(H,14,16). The maximum atomic E-state index is 11.7. The van der Waals surface area contributed by atoms with Crippen molar-refractivity contribution >= 4 is 11.9 Å². The van der Waals surface area contributed by atoms with Gasteiger partial charge in [0.2, 0.25) is 5.91 Å². The molecule has 1 aliphatic heterocycles. The van der Waals surface area contributed by atoms with Crippen molar-refractivity contribution in [1.82, 2.24) is 10.4 Å². The molecule has 0 radical (unpaired) electrons. The van der Waals surface area contributed by atoms with Crippen molar-refractivity contribution in [3.8, 4) is 0 Å². The van der Waals surface area contributed by atoms with E-state index in [2.05, 4.69) is 5.43 Å². The lowest BCUT2D eigenvalue weighted by molar-refractivity contribution is -0.122. The molecule has 0 bridgehead atoms. The maximum absolute atomic E-state index is 11.7. The molecule has 0 spiro atoms. The summed E-state index contributed by atoms with van der Waals surface area (Å²) < 4.78 is 5.17. The summed E-state index contributed by atoms with van der Waals surface area (Å²) in [6.45, 7) is 3.88. The van der Waals surface area contributed by atoms with E-state index in [9.17, 15) is 9.59 Å². The van der Waals surface area contributed by atoms with Crippen LogP contribution in [-0.2, 0) is 9.53 Å². The fourth-order valence-corrected chi connectivity index (χ4v) is 1.82. The third kappa shape index (κ3) is 2.68. The average Bonchev–Trinajstić information content (AvgIpc) is 2.60. The zero-order valence-electron chi connectivity index (χ0n) is 10.5. The third-order valence-corrected chi connectivity index (χ3v) is 2.92. The summed E-state index contributed by atoms with van der Waals surface area (Å²) >= 11 is 0. The van der Waals surface area contributed by atoms with Crippen molar-refractivity contribution in [3.63, 3.8) is 0 Å². The Kier molecular flexibility index (Phi) is 3.34. The Morgan fingerprint density at radius 3 is 2.61 bits per heavy atom. The van der Waals surface area contributed by atoms with Crippen LogP contribution in [0, 0.1) is 0 Å². The Hall–Kier alpha value is -1.88. The van der Waals surface area contributed by atoms with E-state index in [-0.39, 0.29) is 18.2 Å². The molecule has 1 aliphatic rings. The predicted molar refractivity (Wildman–Crippen MR) is 65.4 cm³/mol. The van der Waals surface area contributed by atoms with Crippen LogP contribution in [0.25, 0.3) is 0 Å². The number of benzene rings is 1. The molecule has 1 aromatic carbocycles.